The molecule has 0 radical (unpaired) electrons. The van der Waals surface area contributed by atoms with Gasteiger partial charge in [0.1, 0.15) is 0 Å². The molecule has 1 saturated carbocycles. The molecule has 3 aliphatic rings. The summed E-state index contributed by atoms with van der Waals surface area (Å²) >= 11 is 2.06. The Labute approximate surface area is 169 Å². The fourth-order valence-electron chi connectivity index (χ4n) is 5.24. The van der Waals surface area contributed by atoms with E-state index in [2.05, 4.69) is 11.8 Å². The molecule has 1 N–H and O–H groups in total. The van der Waals surface area contributed by atoms with Gasteiger partial charge in [0.2, 0.25) is 0 Å². The molecular formula is C22H38O4S. The number of carbonyl (C=O) groups is 1. The third-order valence-electron chi connectivity index (χ3n) is 6.71. The largest absolute Gasteiger partial charge is 0.481 e. The topological polar surface area (TPSA) is 55.8 Å². The Hall–Kier alpha value is -0.260. The molecule has 0 aromatic carbocycles. The molecule has 0 spiro atoms. The third-order valence-corrected chi connectivity index (χ3v) is 7.79. The van der Waals surface area contributed by atoms with Crippen molar-refractivity contribution in [3.05, 3.63) is 0 Å². The summed E-state index contributed by atoms with van der Waals surface area (Å²) in [5, 5.41) is 8.72. The molecule has 1 aliphatic carbocycles. The van der Waals surface area contributed by atoms with Crippen LogP contribution in [0.4, 0.5) is 0 Å². The van der Waals surface area contributed by atoms with Gasteiger partial charge in [-0.25, -0.2) is 0 Å². The monoisotopic (exact) mass is 398 g/mol. The first-order valence-electron chi connectivity index (χ1n) is 11.3. The summed E-state index contributed by atoms with van der Waals surface area (Å²) in [7, 11) is 0. The lowest BCUT2D eigenvalue weighted by Gasteiger charge is -2.28. The molecule has 27 heavy (non-hydrogen) atoms. The molecule has 4 nitrogen and oxygen atoms in total. The Kier molecular flexibility index (Phi) is 9.27. The van der Waals surface area contributed by atoms with E-state index in [1.54, 1.807) is 0 Å². The molecule has 4 atom stereocenters. The van der Waals surface area contributed by atoms with Gasteiger partial charge in [0, 0.05) is 12.2 Å². The molecule has 5 heteroatoms. The predicted octanol–water partition coefficient (Wildman–Crippen LogP) is 5.29. The summed E-state index contributed by atoms with van der Waals surface area (Å²) < 4.78 is 12.3. The number of ether oxygens (including phenoxy) is 2. The molecule has 0 amide bonds. The number of thioether (sulfide) groups is 1. The normalized spacial score (nSPS) is 30.8. The van der Waals surface area contributed by atoms with E-state index >= 15 is 0 Å². The molecule has 2 heterocycles. The predicted molar refractivity (Wildman–Crippen MR) is 110 cm³/mol. The van der Waals surface area contributed by atoms with E-state index in [0.29, 0.717) is 24.7 Å². The minimum Gasteiger partial charge on any atom is -0.481 e. The number of aliphatic carboxylic acids is 1. The molecule has 4 unspecified atom stereocenters. The highest BCUT2D eigenvalue weighted by molar-refractivity contribution is 7.99. The zero-order chi connectivity index (χ0) is 18.9. The van der Waals surface area contributed by atoms with Gasteiger partial charge in [-0.2, -0.15) is 11.8 Å². The zero-order valence-electron chi connectivity index (χ0n) is 16.8. The highest BCUT2D eigenvalue weighted by Crippen LogP contribution is 2.46. The number of carboxylic acids is 1. The van der Waals surface area contributed by atoms with Crippen LogP contribution in [0.5, 0.6) is 0 Å². The Morgan fingerprint density at radius 3 is 2.48 bits per heavy atom. The maximum Gasteiger partial charge on any atom is 0.303 e. The van der Waals surface area contributed by atoms with Gasteiger partial charge in [-0.15, -0.1) is 0 Å². The van der Waals surface area contributed by atoms with Crippen LogP contribution in [0.15, 0.2) is 0 Å². The fraction of sp³-hybridized carbons (Fsp3) is 0.955. The SMILES string of the molecule is O=C(O)CCCCCCC1C2CCC(O2)C1CSCCOC1CCCCC1. The number of fused-ring (bicyclic) bond motifs is 2. The Bertz CT molecular complexity index is 438. The van der Waals surface area contributed by atoms with Gasteiger partial charge in [-0.05, 0) is 56.1 Å². The lowest BCUT2D eigenvalue weighted by Crippen LogP contribution is -2.29. The number of unbranched alkanes of at least 4 members (excludes halogenated alkanes) is 3. The highest BCUT2D eigenvalue weighted by Gasteiger charge is 2.47. The van der Waals surface area contributed by atoms with Gasteiger partial charge in [0.05, 0.1) is 24.9 Å². The van der Waals surface area contributed by atoms with Gasteiger partial charge in [0.25, 0.3) is 0 Å². The quantitative estimate of drug-likeness (QED) is 0.427. The average Bonchev–Trinajstić information content (AvgIpc) is 3.27. The van der Waals surface area contributed by atoms with Crippen molar-refractivity contribution in [3.63, 3.8) is 0 Å². The van der Waals surface area contributed by atoms with Gasteiger partial charge in [-0.1, -0.05) is 38.5 Å². The second-order valence-electron chi connectivity index (χ2n) is 8.67. The minimum atomic E-state index is -0.666. The molecule has 156 valence electrons. The van der Waals surface area contributed by atoms with Crippen LogP contribution in [0.25, 0.3) is 0 Å². The molecular weight excluding hydrogens is 360 g/mol. The van der Waals surface area contributed by atoms with Crippen molar-refractivity contribution in [2.24, 2.45) is 11.8 Å². The van der Waals surface area contributed by atoms with Crippen LogP contribution in [-0.4, -0.2) is 47.5 Å². The number of rotatable bonds is 13. The molecule has 3 rings (SSSR count). The Morgan fingerprint density at radius 2 is 1.70 bits per heavy atom. The van der Waals surface area contributed by atoms with Crippen LogP contribution in [0.2, 0.25) is 0 Å². The molecule has 2 aliphatic heterocycles. The lowest BCUT2D eigenvalue weighted by atomic mass is 9.77. The van der Waals surface area contributed by atoms with Crippen molar-refractivity contribution in [2.45, 2.75) is 102 Å². The van der Waals surface area contributed by atoms with Gasteiger partial charge in [0.15, 0.2) is 0 Å². The van der Waals surface area contributed by atoms with E-state index in [0.717, 1.165) is 43.5 Å². The van der Waals surface area contributed by atoms with Crippen LogP contribution in [0.1, 0.15) is 83.5 Å². The van der Waals surface area contributed by atoms with Crippen molar-refractivity contribution >= 4 is 17.7 Å². The van der Waals surface area contributed by atoms with Gasteiger partial charge < -0.3 is 14.6 Å². The summed E-state index contributed by atoms with van der Waals surface area (Å²) in [5.41, 5.74) is 0. The Morgan fingerprint density at radius 1 is 0.963 bits per heavy atom. The highest BCUT2D eigenvalue weighted by atomic mass is 32.2. The van der Waals surface area contributed by atoms with E-state index < -0.39 is 5.97 Å². The van der Waals surface area contributed by atoms with Crippen LogP contribution in [-0.2, 0) is 14.3 Å². The van der Waals surface area contributed by atoms with E-state index in [1.165, 1.54) is 63.5 Å². The standard InChI is InChI=1S/C22H38O4S/c23-22(24)11-7-2-1-6-10-18-19(21-13-12-20(18)26-21)16-27-15-14-25-17-8-4-3-5-9-17/h17-21H,1-16H2,(H,23,24). The van der Waals surface area contributed by atoms with Crippen LogP contribution in [0.3, 0.4) is 0 Å². The Balaban J connectivity index is 1.28. The summed E-state index contributed by atoms with van der Waals surface area (Å²) in [6.45, 7) is 0.908. The fourth-order valence-corrected chi connectivity index (χ4v) is 6.35. The average molecular weight is 399 g/mol. The maximum atomic E-state index is 10.6. The first kappa shape index (κ1) is 21.4. The van der Waals surface area contributed by atoms with Gasteiger partial charge in [-0.3, -0.25) is 4.79 Å². The van der Waals surface area contributed by atoms with E-state index in [1.807, 2.05) is 0 Å². The summed E-state index contributed by atoms with van der Waals surface area (Å²) in [5.74, 6) is 3.13. The van der Waals surface area contributed by atoms with Crippen LogP contribution >= 0.6 is 11.8 Å². The van der Waals surface area contributed by atoms with Crippen molar-refractivity contribution in [1.29, 1.82) is 0 Å². The zero-order valence-corrected chi connectivity index (χ0v) is 17.6. The molecule has 2 bridgehead atoms. The molecule has 3 fully saturated rings. The second kappa shape index (κ2) is 11.7. The van der Waals surface area contributed by atoms with Gasteiger partial charge >= 0.3 is 5.97 Å². The summed E-state index contributed by atoms with van der Waals surface area (Å²) in [6.07, 6.45) is 16.5. The smallest absolute Gasteiger partial charge is 0.303 e. The minimum absolute atomic E-state index is 0.319. The number of hydrogen-bond acceptors (Lipinski definition) is 4. The number of carboxylic acid groups (broad SMARTS) is 1. The van der Waals surface area contributed by atoms with Crippen LogP contribution < -0.4 is 0 Å². The first-order valence-corrected chi connectivity index (χ1v) is 12.5. The van der Waals surface area contributed by atoms with Crippen LogP contribution in [0, 0.1) is 11.8 Å². The lowest BCUT2D eigenvalue weighted by molar-refractivity contribution is -0.137. The summed E-state index contributed by atoms with van der Waals surface area (Å²) in [4.78, 5) is 10.6. The molecule has 0 aromatic rings. The van der Waals surface area contributed by atoms with E-state index in [-0.39, 0.29) is 0 Å². The third kappa shape index (κ3) is 6.93. The van der Waals surface area contributed by atoms with Crippen molar-refractivity contribution in [2.75, 3.05) is 18.1 Å². The maximum absolute atomic E-state index is 10.6. The molecule has 2 saturated heterocycles. The number of hydrogen-bond donors (Lipinski definition) is 1. The van der Waals surface area contributed by atoms with Crippen molar-refractivity contribution in [3.8, 4) is 0 Å². The summed E-state index contributed by atoms with van der Waals surface area (Å²) in [6, 6.07) is 0. The van der Waals surface area contributed by atoms with E-state index in [9.17, 15) is 4.79 Å². The second-order valence-corrected chi connectivity index (χ2v) is 9.82. The molecule has 0 aromatic heterocycles. The first-order chi connectivity index (χ1) is 13.2. The van der Waals surface area contributed by atoms with Crippen molar-refractivity contribution < 1.29 is 19.4 Å². The van der Waals surface area contributed by atoms with Crippen molar-refractivity contribution in [1.82, 2.24) is 0 Å². The van der Waals surface area contributed by atoms with E-state index in [4.69, 9.17) is 14.6 Å².